The van der Waals surface area contributed by atoms with Gasteiger partial charge in [0.05, 0.1) is 6.20 Å². The molecule has 0 aliphatic heterocycles. The molecule has 0 aromatic carbocycles. The van der Waals surface area contributed by atoms with E-state index in [9.17, 15) is 9.18 Å². The Morgan fingerprint density at radius 3 is 3.08 bits per heavy atom. The zero-order chi connectivity index (χ0) is 9.84. The van der Waals surface area contributed by atoms with Gasteiger partial charge in [-0.05, 0) is 0 Å². The van der Waals surface area contributed by atoms with Gasteiger partial charge in [-0.2, -0.15) is 0 Å². The van der Waals surface area contributed by atoms with Crippen LogP contribution in [0.5, 0.6) is 11.8 Å². The van der Waals surface area contributed by atoms with Crippen LogP contribution in [0.25, 0.3) is 0 Å². The summed E-state index contributed by atoms with van der Waals surface area (Å²) in [6.45, 7) is -0.818. The van der Waals surface area contributed by atoms with E-state index in [2.05, 4.69) is 4.98 Å². The van der Waals surface area contributed by atoms with Gasteiger partial charge in [0.1, 0.15) is 13.3 Å². The fourth-order valence-electron chi connectivity index (χ4n) is 0.781. The zero-order valence-electron chi connectivity index (χ0n) is 7.03. The molecular formula is C7H9FN2O3. The molecule has 5 nitrogen and oxygen atoms in total. The second-order valence-corrected chi connectivity index (χ2v) is 2.33. The summed E-state index contributed by atoms with van der Waals surface area (Å²) in [5.74, 6) is -0.463. The topological polar surface area (TPSA) is 64.3 Å². The number of alkyl halides is 1. The Balaban J connectivity index is 2.97. The first kappa shape index (κ1) is 9.50. The van der Waals surface area contributed by atoms with Crippen LogP contribution in [0.15, 0.2) is 11.0 Å². The van der Waals surface area contributed by atoms with Crippen LogP contribution in [0, 0.1) is 0 Å². The summed E-state index contributed by atoms with van der Waals surface area (Å²) in [5.41, 5.74) is -0.621. The summed E-state index contributed by atoms with van der Waals surface area (Å²) in [4.78, 5) is 14.7. The summed E-state index contributed by atoms with van der Waals surface area (Å²) >= 11 is 0. The highest BCUT2D eigenvalue weighted by atomic mass is 19.1. The van der Waals surface area contributed by atoms with Gasteiger partial charge in [0.15, 0.2) is 0 Å². The molecule has 0 unspecified atom stereocenters. The van der Waals surface area contributed by atoms with Crippen molar-refractivity contribution in [2.75, 3.05) is 13.3 Å². The number of ether oxygens (including phenoxy) is 1. The fourth-order valence-corrected chi connectivity index (χ4v) is 0.781. The number of nitrogens with zero attached hydrogens (tertiary/aromatic N) is 2. The van der Waals surface area contributed by atoms with Gasteiger partial charge in [-0.1, -0.05) is 0 Å². The van der Waals surface area contributed by atoms with E-state index in [0.29, 0.717) is 0 Å². The lowest BCUT2D eigenvalue weighted by molar-refractivity contribution is 0.242. The lowest BCUT2D eigenvalue weighted by atomic mass is 10.6. The lowest BCUT2D eigenvalue weighted by Crippen LogP contribution is -2.20. The van der Waals surface area contributed by atoms with Crippen molar-refractivity contribution in [1.82, 2.24) is 9.55 Å². The number of halogens is 1. The molecule has 0 aliphatic carbocycles. The third-order valence-corrected chi connectivity index (χ3v) is 1.42. The average molecular weight is 188 g/mol. The minimum atomic E-state index is -0.656. The zero-order valence-corrected chi connectivity index (χ0v) is 7.03. The normalized spacial score (nSPS) is 10.0. The second-order valence-electron chi connectivity index (χ2n) is 2.33. The van der Waals surface area contributed by atoms with Gasteiger partial charge in [0.2, 0.25) is 5.75 Å². The Morgan fingerprint density at radius 2 is 2.46 bits per heavy atom. The molecule has 0 spiro atoms. The van der Waals surface area contributed by atoms with Crippen molar-refractivity contribution in [3.8, 4) is 11.8 Å². The molecule has 0 aliphatic rings. The van der Waals surface area contributed by atoms with Crippen LogP contribution in [0.3, 0.4) is 0 Å². The lowest BCUT2D eigenvalue weighted by Gasteiger charge is -2.06. The highest BCUT2D eigenvalue weighted by Crippen LogP contribution is 2.04. The van der Waals surface area contributed by atoms with E-state index in [0.717, 1.165) is 10.8 Å². The van der Waals surface area contributed by atoms with Crippen LogP contribution in [-0.2, 0) is 7.05 Å². The van der Waals surface area contributed by atoms with E-state index >= 15 is 0 Å². The summed E-state index contributed by atoms with van der Waals surface area (Å²) in [6.07, 6.45) is 0.968. The first-order valence-electron chi connectivity index (χ1n) is 3.60. The Labute approximate surface area is 73.4 Å². The van der Waals surface area contributed by atoms with Crippen molar-refractivity contribution in [2.24, 2.45) is 7.05 Å². The maximum atomic E-state index is 11.7. The molecule has 0 radical (unpaired) electrons. The smallest absolute Gasteiger partial charge is 0.299 e. The molecule has 0 amide bonds. The van der Waals surface area contributed by atoms with E-state index in [1.807, 2.05) is 0 Å². The third-order valence-electron chi connectivity index (χ3n) is 1.42. The van der Waals surface area contributed by atoms with E-state index in [1.54, 1.807) is 0 Å². The minimum absolute atomic E-state index is 0.0135. The highest BCUT2D eigenvalue weighted by molar-refractivity contribution is 5.13. The Morgan fingerprint density at radius 1 is 1.77 bits per heavy atom. The molecule has 72 valence electrons. The Kier molecular flexibility index (Phi) is 2.84. The first-order chi connectivity index (χ1) is 6.16. The van der Waals surface area contributed by atoms with Gasteiger partial charge in [-0.15, -0.1) is 0 Å². The minimum Gasteiger partial charge on any atom is -0.502 e. The summed E-state index contributed by atoms with van der Waals surface area (Å²) in [6, 6.07) is -0.0135. The van der Waals surface area contributed by atoms with Crippen LogP contribution < -0.4 is 10.3 Å². The average Bonchev–Trinajstić information content (AvgIpc) is 2.13. The van der Waals surface area contributed by atoms with E-state index < -0.39 is 18.0 Å². The van der Waals surface area contributed by atoms with Crippen molar-refractivity contribution in [3.05, 3.63) is 16.6 Å². The molecule has 0 bridgehead atoms. The van der Waals surface area contributed by atoms with E-state index in [4.69, 9.17) is 9.84 Å². The predicted octanol–water partition coefficient (Wildman–Crippen LogP) is -0.166. The molecule has 1 aromatic heterocycles. The molecule has 0 atom stereocenters. The first-order valence-corrected chi connectivity index (χ1v) is 3.60. The van der Waals surface area contributed by atoms with Gasteiger partial charge < -0.3 is 9.84 Å². The molecule has 0 fully saturated rings. The van der Waals surface area contributed by atoms with Crippen LogP contribution in [-0.4, -0.2) is 27.9 Å². The van der Waals surface area contributed by atoms with Gasteiger partial charge in [0.25, 0.3) is 11.6 Å². The van der Waals surface area contributed by atoms with Crippen molar-refractivity contribution in [2.45, 2.75) is 0 Å². The number of aromatic hydroxyl groups is 1. The second kappa shape index (κ2) is 3.88. The van der Waals surface area contributed by atoms with Gasteiger partial charge in [0, 0.05) is 7.05 Å². The quantitative estimate of drug-likeness (QED) is 0.715. The molecule has 1 aromatic rings. The van der Waals surface area contributed by atoms with Gasteiger partial charge >= 0.3 is 0 Å². The largest absolute Gasteiger partial charge is 0.502 e. The number of hydrogen-bond donors (Lipinski definition) is 1. The van der Waals surface area contributed by atoms with Crippen molar-refractivity contribution >= 4 is 0 Å². The SMILES string of the molecule is Cn1c(OCCF)ncc(O)c1=O. The molecule has 1 rings (SSSR count). The highest BCUT2D eigenvalue weighted by Gasteiger charge is 2.05. The van der Waals surface area contributed by atoms with E-state index in [-0.39, 0.29) is 12.6 Å². The molecule has 1 heterocycles. The Bertz CT molecular complexity index is 350. The molecule has 13 heavy (non-hydrogen) atoms. The van der Waals surface area contributed by atoms with Crippen LogP contribution in [0.2, 0.25) is 0 Å². The monoisotopic (exact) mass is 188 g/mol. The van der Waals surface area contributed by atoms with Gasteiger partial charge in [-0.3, -0.25) is 9.36 Å². The molecular weight excluding hydrogens is 179 g/mol. The predicted molar refractivity (Wildman–Crippen MR) is 42.6 cm³/mol. The maximum Gasteiger partial charge on any atom is 0.299 e. The molecule has 0 saturated carbocycles. The van der Waals surface area contributed by atoms with Crippen LogP contribution in [0.4, 0.5) is 4.39 Å². The fraction of sp³-hybridized carbons (Fsp3) is 0.429. The Hall–Kier alpha value is -1.59. The van der Waals surface area contributed by atoms with Gasteiger partial charge in [-0.25, -0.2) is 9.37 Å². The van der Waals surface area contributed by atoms with Crippen molar-refractivity contribution in [1.29, 1.82) is 0 Å². The molecule has 6 heteroatoms. The third kappa shape index (κ3) is 1.95. The number of hydrogen-bond acceptors (Lipinski definition) is 4. The summed E-state index contributed by atoms with van der Waals surface area (Å²) in [7, 11) is 1.38. The van der Waals surface area contributed by atoms with E-state index in [1.165, 1.54) is 7.05 Å². The molecule has 1 N–H and O–H groups in total. The van der Waals surface area contributed by atoms with Crippen LogP contribution >= 0.6 is 0 Å². The summed E-state index contributed by atoms with van der Waals surface area (Å²) < 4.78 is 17.5. The standard InChI is InChI=1S/C7H9FN2O3/c1-10-6(12)5(11)4-9-7(10)13-3-2-8/h4,11H,2-3H2,1H3. The number of rotatable bonds is 3. The summed E-state index contributed by atoms with van der Waals surface area (Å²) in [5, 5.41) is 8.92. The number of aromatic nitrogens is 2. The van der Waals surface area contributed by atoms with Crippen molar-refractivity contribution in [3.63, 3.8) is 0 Å². The van der Waals surface area contributed by atoms with Crippen molar-refractivity contribution < 1.29 is 14.2 Å². The maximum absolute atomic E-state index is 11.7. The van der Waals surface area contributed by atoms with Crippen LogP contribution in [0.1, 0.15) is 0 Å². The molecule has 0 saturated heterocycles.